The number of rotatable bonds is 4. The highest BCUT2D eigenvalue weighted by atomic mass is 32.1. The number of phenols is 1. The van der Waals surface area contributed by atoms with Crippen LogP contribution in [0.4, 0.5) is 5.69 Å². The Kier molecular flexibility index (Phi) is 5.15. The van der Waals surface area contributed by atoms with Gasteiger partial charge in [0.15, 0.2) is 5.11 Å². The van der Waals surface area contributed by atoms with Crippen LogP contribution >= 0.6 is 12.2 Å². The maximum absolute atomic E-state index is 9.75. The van der Waals surface area contributed by atoms with Gasteiger partial charge in [0.25, 0.3) is 0 Å². The predicted octanol–water partition coefficient (Wildman–Crippen LogP) is 5.37. The van der Waals surface area contributed by atoms with Crippen LogP contribution in [0, 0.1) is 13.8 Å². The lowest BCUT2D eigenvalue weighted by Crippen LogP contribution is -2.30. The average molecular weight is 441 g/mol. The van der Waals surface area contributed by atoms with Gasteiger partial charge < -0.3 is 19.9 Å². The molecule has 3 heterocycles. The minimum Gasteiger partial charge on any atom is -0.508 e. The first kappa shape index (κ1) is 20.3. The molecular weight excluding hydrogens is 416 g/mol. The number of thiocarbonyl (C=S) groups is 1. The molecule has 1 aliphatic heterocycles. The molecule has 1 fully saturated rings. The summed E-state index contributed by atoms with van der Waals surface area (Å²) in [5, 5.41) is 13.9. The Hall–Kier alpha value is -3.64. The molecule has 5 rings (SSSR count). The number of pyridine rings is 1. The van der Waals surface area contributed by atoms with Crippen molar-refractivity contribution in [1.29, 1.82) is 0 Å². The number of aromatic nitrogens is 2. The van der Waals surface area contributed by atoms with E-state index in [9.17, 15) is 5.11 Å². The van der Waals surface area contributed by atoms with E-state index in [1.165, 1.54) is 11.1 Å². The number of phenolic OH excluding ortho intramolecular Hbond substituents is 1. The van der Waals surface area contributed by atoms with Crippen LogP contribution in [-0.2, 0) is 0 Å². The molecule has 5 nitrogen and oxygen atoms in total. The summed E-state index contributed by atoms with van der Waals surface area (Å²) in [6, 6.07) is 23.6. The molecule has 0 radical (unpaired) electrons. The maximum Gasteiger partial charge on any atom is 0.174 e. The van der Waals surface area contributed by atoms with Gasteiger partial charge in [0, 0.05) is 29.5 Å². The Labute approximate surface area is 193 Å². The molecule has 0 bridgehead atoms. The Morgan fingerprint density at radius 2 is 1.69 bits per heavy atom. The van der Waals surface area contributed by atoms with Gasteiger partial charge in [0.2, 0.25) is 0 Å². The Morgan fingerprint density at radius 3 is 2.41 bits per heavy atom. The van der Waals surface area contributed by atoms with Gasteiger partial charge in [-0.05, 0) is 97.9 Å². The lowest BCUT2D eigenvalue weighted by molar-refractivity contribution is 0.475. The maximum atomic E-state index is 9.75. The molecule has 2 aromatic heterocycles. The number of benzene rings is 2. The third kappa shape index (κ3) is 3.52. The molecule has 1 saturated heterocycles. The Morgan fingerprint density at radius 1 is 0.906 bits per heavy atom. The van der Waals surface area contributed by atoms with E-state index in [1.807, 2.05) is 48.8 Å². The lowest BCUT2D eigenvalue weighted by atomic mass is 10.00. The number of nitrogens with zero attached hydrogens (tertiary/aromatic N) is 3. The fourth-order valence-electron chi connectivity index (χ4n) is 4.29. The first-order valence-corrected chi connectivity index (χ1v) is 11.0. The fraction of sp³-hybridized carbons (Fsp3) is 0.154. The number of anilines is 1. The van der Waals surface area contributed by atoms with E-state index in [2.05, 4.69) is 57.9 Å². The average Bonchev–Trinajstić information content (AvgIpc) is 3.41. The lowest BCUT2D eigenvalue weighted by Gasteiger charge is -2.29. The second-order valence-electron chi connectivity index (χ2n) is 8.08. The number of hydrogen-bond donors (Lipinski definition) is 2. The van der Waals surface area contributed by atoms with Crippen molar-refractivity contribution in [3.8, 4) is 11.4 Å². The van der Waals surface area contributed by atoms with Gasteiger partial charge in [0.05, 0.1) is 11.7 Å². The van der Waals surface area contributed by atoms with Crippen LogP contribution in [0.15, 0.2) is 85.2 Å². The van der Waals surface area contributed by atoms with E-state index in [-0.39, 0.29) is 17.8 Å². The van der Waals surface area contributed by atoms with E-state index in [0.717, 1.165) is 22.8 Å². The van der Waals surface area contributed by atoms with Crippen LogP contribution in [0.3, 0.4) is 0 Å². The molecule has 4 aromatic rings. The molecule has 0 unspecified atom stereocenters. The molecule has 0 aliphatic carbocycles. The third-order valence-electron chi connectivity index (χ3n) is 6.08. The van der Waals surface area contributed by atoms with E-state index in [0.29, 0.717) is 5.11 Å². The Balaban J connectivity index is 1.67. The van der Waals surface area contributed by atoms with Crippen molar-refractivity contribution in [1.82, 2.24) is 14.9 Å². The minimum atomic E-state index is -0.115. The summed E-state index contributed by atoms with van der Waals surface area (Å²) < 4.78 is 2.14. The van der Waals surface area contributed by atoms with Crippen LogP contribution in [0.2, 0.25) is 0 Å². The summed E-state index contributed by atoms with van der Waals surface area (Å²) in [7, 11) is 0. The van der Waals surface area contributed by atoms with Crippen LogP contribution in [0.5, 0.6) is 5.75 Å². The number of aromatic hydroxyl groups is 1. The van der Waals surface area contributed by atoms with Crippen LogP contribution < -0.4 is 10.2 Å². The smallest absolute Gasteiger partial charge is 0.174 e. The van der Waals surface area contributed by atoms with Gasteiger partial charge in [0.1, 0.15) is 11.8 Å². The van der Waals surface area contributed by atoms with Crippen molar-refractivity contribution in [3.05, 3.63) is 108 Å². The van der Waals surface area contributed by atoms with Gasteiger partial charge in [-0.15, -0.1) is 0 Å². The van der Waals surface area contributed by atoms with Crippen molar-refractivity contribution >= 4 is 23.0 Å². The zero-order chi connectivity index (χ0) is 22.2. The van der Waals surface area contributed by atoms with Gasteiger partial charge >= 0.3 is 0 Å². The summed E-state index contributed by atoms with van der Waals surface area (Å²) in [6.07, 6.45) is 3.85. The van der Waals surface area contributed by atoms with Crippen molar-refractivity contribution in [2.45, 2.75) is 25.9 Å². The summed E-state index contributed by atoms with van der Waals surface area (Å²) in [5.41, 5.74) is 6.51. The van der Waals surface area contributed by atoms with Crippen LogP contribution in [0.25, 0.3) is 5.69 Å². The van der Waals surface area contributed by atoms with Gasteiger partial charge in [-0.25, -0.2) is 0 Å². The van der Waals surface area contributed by atoms with Crippen molar-refractivity contribution in [2.75, 3.05) is 4.90 Å². The van der Waals surface area contributed by atoms with Crippen LogP contribution in [0.1, 0.15) is 34.6 Å². The summed E-state index contributed by atoms with van der Waals surface area (Å²) in [6.45, 7) is 4.24. The van der Waals surface area contributed by atoms with E-state index < -0.39 is 0 Å². The predicted molar refractivity (Wildman–Crippen MR) is 131 cm³/mol. The highest BCUT2D eigenvalue weighted by Crippen LogP contribution is 2.42. The standard InChI is InChI=1S/C26H24N4OS/c1-17-8-9-20(16-18(17)2)30-25(24(28-26(30)32)22-6-3-4-14-27-22)23-7-5-15-29(23)19-10-12-21(31)13-11-19/h3-16,24-25,31H,1-2H3,(H,28,32)/t24-,25-/m0/s1. The zero-order valence-electron chi connectivity index (χ0n) is 17.9. The summed E-state index contributed by atoms with van der Waals surface area (Å²) in [5.74, 6) is 0.245. The number of aryl methyl sites for hydroxylation is 2. The first-order valence-electron chi connectivity index (χ1n) is 10.6. The Bertz CT molecular complexity index is 1270. The van der Waals surface area contributed by atoms with Gasteiger partial charge in [-0.2, -0.15) is 0 Å². The normalized spacial score (nSPS) is 18.1. The molecule has 32 heavy (non-hydrogen) atoms. The second-order valence-corrected chi connectivity index (χ2v) is 8.47. The molecule has 2 atom stereocenters. The van der Waals surface area contributed by atoms with E-state index in [4.69, 9.17) is 12.2 Å². The molecule has 0 amide bonds. The largest absolute Gasteiger partial charge is 0.508 e. The second kappa shape index (κ2) is 8.13. The topological polar surface area (TPSA) is 53.3 Å². The fourth-order valence-corrected chi connectivity index (χ4v) is 4.64. The molecule has 0 saturated carbocycles. The molecule has 2 N–H and O–H groups in total. The number of nitrogens with one attached hydrogen (secondary N) is 1. The highest BCUT2D eigenvalue weighted by molar-refractivity contribution is 7.80. The quantitative estimate of drug-likeness (QED) is 0.418. The van der Waals surface area contributed by atoms with Crippen molar-refractivity contribution in [3.63, 3.8) is 0 Å². The molecule has 6 heteroatoms. The van der Waals surface area contributed by atoms with E-state index >= 15 is 0 Å². The van der Waals surface area contributed by atoms with Crippen molar-refractivity contribution in [2.24, 2.45) is 0 Å². The van der Waals surface area contributed by atoms with E-state index in [1.54, 1.807) is 12.1 Å². The minimum absolute atomic E-state index is 0.108. The summed E-state index contributed by atoms with van der Waals surface area (Å²) in [4.78, 5) is 6.83. The molecular formula is C26H24N4OS. The highest BCUT2D eigenvalue weighted by Gasteiger charge is 2.42. The number of hydrogen-bond acceptors (Lipinski definition) is 3. The molecule has 160 valence electrons. The van der Waals surface area contributed by atoms with Gasteiger partial charge in [-0.1, -0.05) is 12.1 Å². The molecule has 1 aliphatic rings. The van der Waals surface area contributed by atoms with Crippen LogP contribution in [-0.4, -0.2) is 19.8 Å². The summed E-state index contributed by atoms with van der Waals surface area (Å²) >= 11 is 5.85. The monoisotopic (exact) mass is 440 g/mol. The van der Waals surface area contributed by atoms with Crippen molar-refractivity contribution < 1.29 is 5.11 Å². The molecule has 2 aromatic carbocycles. The first-order chi connectivity index (χ1) is 15.5. The third-order valence-corrected chi connectivity index (χ3v) is 6.39. The zero-order valence-corrected chi connectivity index (χ0v) is 18.8. The molecule has 0 spiro atoms. The SMILES string of the molecule is Cc1ccc(N2C(=S)N[C@@H](c3ccccn3)[C@@H]2c2cccn2-c2ccc(O)cc2)cc1C. The van der Waals surface area contributed by atoms with Gasteiger partial charge in [-0.3, -0.25) is 4.98 Å².